The Morgan fingerprint density at radius 1 is 1.36 bits per heavy atom. The first-order chi connectivity index (χ1) is 6.86. The molecule has 0 bridgehead atoms. The third kappa shape index (κ3) is 2.27. The van der Waals surface area contributed by atoms with Crippen molar-refractivity contribution in [2.24, 2.45) is 9.39 Å². The Morgan fingerprint density at radius 2 is 2.14 bits per heavy atom. The number of benzene rings is 1. The quantitative estimate of drug-likeness (QED) is 0.434. The number of thiocarbonyl (C=S) groups is 1. The molecule has 14 heavy (non-hydrogen) atoms. The maximum Gasteiger partial charge on any atom is 0.128 e. The molecule has 0 radical (unpaired) electrons. The Labute approximate surface area is 92.3 Å². The van der Waals surface area contributed by atoms with Crippen LogP contribution in [0.25, 0.3) is 0 Å². The van der Waals surface area contributed by atoms with Crippen molar-refractivity contribution in [2.45, 2.75) is 6.04 Å². The van der Waals surface area contributed by atoms with E-state index in [0.29, 0.717) is 0 Å². The molecule has 0 saturated carbocycles. The van der Waals surface area contributed by atoms with Crippen LogP contribution in [0.3, 0.4) is 0 Å². The second kappa shape index (κ2) is 4.48. The Kier molecular flexibility index (Phi) is 3.06. The molecule has 1 aliphatic heterocycles. The number of hydrogen-bond donors (Lipinski definition) is 0. The summed E-state index contributed by atoms with van der Waals surface area (Å²) in [6.07, 6.45) is 3.60. The lowest BCUT2D eigenvalue weighted by Gasteiger charge is -1.97. The van der Waals surface area contributed by atoms with Gasteiger partial charge in [-0.15, -0.1) is 0 Å². The first kappa shape index (κ1) is 9.55. The van der Waals surface area contributed by atoms with Crippen LogP contribution in [-0.4, -0.2) is 22.7 Å². The Hall–Kier alpha value is -1.00. The van der Waals surface area contributed by atoms with Gasteiger partial charge in [-0.3, -0.25) is 4.99 Å². The van der Waals surface area contributed by atoms with E-state index < -0.39 is 0 Å². The molecule has 2 rings (SSSR count). The van der Waals surface area contributed by atoms with E-state index in [0.717, 1.165) is 9.76 Å². The maximum atomic E-state index is 5.08. The summed E-state index contributed by atoms with van der Waals surface area (Å²) >= 11 is 6.41. The van der Waals surface area contributed by atoms with Crippen molar-refractivity contribution in [3.8, 4) is 0 Å². The summed E-state index contributed by atoms with van der Waals surface area (Å²) in [4.78, 5) is 4.34. The molecule has 0 spiro atoms. The second-order valence-corrected chi connectivity index (χ2v) is 4.33. The van der Waals surface area contributed by atoms with E-state index >= 15 is 0 Å². The Bertz CT molecular complexity index is 384. The molecule has 0 saturated heterocycles. The molecule has 1 heterocycles. The minimum Gasteiger partial charge on any atom is -0.277 e. The standard InChI is InChI=1S/C10H8N2S2/c13-10-9(7-12-14-10)11-6-8-4-2-1-3-5-8/h1-7,9H. The molecule has 1 aromatic carbocycles. The van der Waals surface area contributed by atoms with Crippen LogP contribution < -0.4 is 0 Å². The molecular formula is C10H8N2S2. The van der Waals surface area contributed by atoms with Gasteiger partial charge in [0.05, 0.1) is 0 Å². The summed E-state index contributed by atoms with van der Waals surface area (Å²) in [5, 5.41) is 0. The molecule has 0 aromatic heterocycles. The van der Waals surface area contributed by atoms with E-state index in [1.54, 1.807) is 6.21 Å². The number of nitrogens with zero attached hydrogens (tertiary/aromatic N) is 2. The summed E-state index contributed by atoms with van der Waals surface area (Å²) in [6, 6.07) is 9.93. The van der Waals surface area contributed by atoms with Gasteiger partial charge >= 0.3 is 0 Å². The SMILES string of the molecule is S=C1SN=CC1N=Cc1ccccc1. The first-order valence-corrected chi connectivity index (χ1v) is 5.37. The molecule has 2 nitrogen and oxygen atoms in total. The average molecular weight is 220 g/mol. The molecule has 1 unspecified atom stereocenters. The zero-order valence-corrected chi connectivity index (χ0v) is 8.96. The van der Waals surface area contributed by atoms with E-state index in [1.165, 1.54) is 11.9 Å². The van der Waals surface area contributed by atoms with E-state index in [2.05, 4.69) is 9.39 Å². The summed E-state index contributed by atoms with van der Waals surface area (Å²) in [5.41, 5.74) is 1.08. The molecular weight excluding hydrogens is 212 g/mol. The van der Waals surface area contributed by atoms with Crippen molar-refractivity contribution in [1.82, 2.24) is 0 Å². The summed E-state index contributed by atoms with van der Waals surface area (Å²) in [7, 11) is 0. The zero-order chi connectivity index (χ0) is 9.80. The van der Waals surface area contributed by atoms with E-state index in [1.807, 2.05) is 36.5 Å². The molecule has 1 aromatic rings. The number of hydrogen-bond acceptors (Lipinski definition) is 4. The van der Waals surface area contributed by atoms with Crippen molar-refractivity contribution < 1.29 is 0 Å². The van der Waals surface area contributed by atoms with Crippen molar-refractivity contribution in [2.75, 3.05) is 0 Å². The van der Waals surface area contributed by atoms with Crippen LogP contribution in [0.2, 0.25) is 0 Å². The van der Waals surface area contributed by atoms with Gasteiger partial charge in [-0.1, -0.05) is 42.5 Å². The van der Waals surface area contributed by atoms with Gasteiger partial charge in [0.1, 0.15) is 10.2 Å². The van der Waals surface area contributed by atoms with Gasteiger partial charge in [0.25, 0.3) is 0 Å². The molecule has 1 aliphatic rings. The molecule has 1 atom stereocenters. The predicted octanol–water partition coefficient (Wildman–Crippen LogP) is 2.53. The minimum absolute atomic E-state index is 0.0322. The maximum absolute atomic E-state index is 5.08. The van der Waals surface area contributed by atoms with Gasteiger partial charge in [0.15, 0.2) is 0 Å². The van der Waals surface area contributed by atoms with Crippen LogP contribution in [0.15, 0.2) is 39.7 Å². The Balaban J connectivity index is 2.07. The fourth-order valence-corrected chi connectivity index (χ4v) is 1.82. The summed E-state index contributed by atoms with van der Waals surface area (Å²) < 4.78 is 4.81. The van der Waals surface area contributed by atoms with Crippen molar-refractivity contribution in [3.63, 3.8) is 0 Å². The highest BCUT2D eigenvalue weighted by molar-refractivity contribution is 8.23. The highest BCUT2D eigenvalue weighted by atomic mass is 32.2. The van der Waals surface area contributed by atoms with Crippen LogP contribution in [0, 0.1) is 0 Å². The molecule has 0 aliphatic carbocycles. The van der Waals surface area contributed by atoms with Crippen molar-refractivity contribution in [1.29, 1.82) is 0 Å². The highest BCUT2D eigenvalue weighted by Gasteiger charge is 2.15. The second-order valence-electron chi connectivity index (χ2n) is 2.80. The topological polar surface area (TPSA) is 24.7 Å². The van der Waals surface area contributed by atoms with Gasteiger partial charge in [0, 0.05) is 24.4 Å². The van der Waals surface area contributed by atoms with Crippen LogP contribution >= 0.6 is 24.2 Å². The van der Waals surface area contributed by atoms with Gasteiger partial charge in [0.2, 0.25) is 0 Å². The van der Waals surface area contributed by atoms with E-state index in [4.69, 9.17) is 12.2 Å². The number of aliphatic imine (C=N–C) groups is 1. The lowest BCUT2D eigenvalue weighted by atomic mass is 10.2. The first-order valence-electron chi connectivity index (χ1n) is 4.19. The summed E-state index contributed by atoms with van der Waals surface area (Å²) in [6.45, 7) is 0. The normalized spacial score (nSPS) is 20.9. The van der Waals surface area contributed by atoms with Gasteiger partial charge < -0.3 is 0 Å². The molecule has 0 fully saturated rings. The Morgan fingerprint density at radius 3 is 2.79 bits per heavy atom. The predicted molar refractivity (Wildman–Crippen MR) is 66.5 cm³/mol. The van der Waals surface area contributed by atoms with Crippen molar-refractivity contribution >= 4 is 40.8 Å². The third-order valence-electron chi connectivity index (χ3n) is 1.77. The average Bonchev–Trinajstić information content (AvgIpc) is 2.63. The van der Waals surface area contributed by atoms with E-state index in [-0.39, 0.29) is 6.04 Å². The molecule has 0 N–H and O–H groups in total. The van der Waals surface area contributed by atoms with E-state index in [9.17, 15) is 0 Å². The molecule has 0 amide bonds. The lowest BCUT2D eigenvalue weighted by molar-refractivity contribution is 1.22. The fraction of sp³-hybridized carbons (Fsp3) is 0.100. The molecule has 4 heteroatoms. The minimum atomic E-state index is -0.0322. The zero-order valence-electron chi connectivity index (χ0n) is 7.33. The van der Waals surface area contributed by atoms with Crippen LogP contribution in [0.1, 0.15) is 5.56 Å². The van der Waals surface area contributed by atoms with Crippen LogP contribution in [0.5, 0.6) is 0 Å². The number of rotatable bonds is 2. The lowest BCUT2D eigenvalue weighted by Crippen LogP contribution is -2.09. The molecule has 70 valence electrons. The van der Waals surface area contributed by atoms with Gasteiger partial charge in [-0.05, 0) is 5.56 Å². The van der Waals surface area contributed by atoms with Gasteiger partial charge in [-0.25, -0.2) is 4.40 Å². The fourth-order valence-electron chi connectivity index (χ4n) is 1.06. The monoisotopic (exact) mass is 220 g/mol. The largest absolute Gasteiger partial charge is 0.277 e. The third-order valence-corrected chi connectivity index (χ3v) is 2.88. The summed E-state index contributed by atoms with van der Waals surface area (Å²) in [5.74, 6) is 0. The van der Waals surface area contributed by atoms with Crippen molar-refractivity contribution in [3.05, 3.63) is 35.9 Å². The highest BCUT2D eigenvalue weighted by Crippen LogP contribution is 2.17. The van der Waals surface area contributed by atoms with Crippen LogP contribution in [-0.2, 0) is 0 Å². The van der Waals surface area contributed by atoms with Gasteiger partial charge in [-0.2, -0.15) is 0 Å². The van der Waals surface area contributed by atoms with Crippen LogP contribution in [0.4, 0.5) is 0 Å². The smallest absolute Gasteiger partial charge is 0.128 e.